The average molecular weight is 365 g/mol. The molecule has 2 aliphatic rings. The SMILES string of the molecule is [c]1cccc(C2(CCN3CCC(Cc4ccccc4)CC3)OCCCO2)c1. The molecule has 2 aliphatic heterocycles. The fourth-order valence-corrected chi connectivity index (χ4v) is 4.33. The second kappa shape index (κ2) is 9.01. The molecule has 2 saturated heterocycles. The maximum Gasteiger partial charge on any atom is 0.196 e. The van der Waals surface area contributed by atoms with Gasteiger partial charge in [-0.15, -0.1) is 0 Å². The number of rotatable bonds is 6. The Labute approximate surface area is 163 Å². The Morgan fingerprint density at radius 1 is 1.00 bits per heavy atom. The van der Waals surface area contributed by atoms with E-state index in [2.05, 4.69) is 47.4 Å². The summed E-state index contributed by atoms with van der Waals surface area (Å²) in [6.07, 6.45) is 5.63. The van der Waals surface area contributed by atoms with Crippen LogP contribution in [0.4, 0.5) is 0 Å². The number of benzene rings is 2. The summed E-state index contributed by atoms with van der Waals surface area (Å²) in [5, 5.41) is 0. The minimum Gasteiger partial charge on any atom is -0.346 e. The number of likely N-dealkylation sites (tertiary alicyclic amines) is 1. The third kappa shape index (κ3) is 4.78. The van der Waals surface area contributed by atoms with Gasteiger partial charge in [-0.05, 0) is 62.4 Å². The highest BCUT2D eigenvalue weighted by Gasteiger charge is 2.37. The molecule has 143 valence electrons. The van der Waals surface area contributed by atoms with Crippen molar-refractivity contribution in [3.63, 3.8) is 0 Å². The molecule has 2 aromatic carbocycles. The molecule has 2 heterocycles. The minimum absolute atomic E-state index is 0.586. The molecule has 0 bridgehead atoms. The average Bonchev–Trinajstić information content (AvgIpc) is 2.75. The maximum absolute atomic E-state index is 6.17. The zero-order valence-corrected chi connectivity index (χ0v) is 16.1. The first kappa shape index (κ1) is 18.7. The van der Waals surface area contributed by atoms with Gasteiger partial charge in [0.25, 0.3) is 0 Å². The van der Waals surface area contributed by atoms with Gasteiger partial charge in [-0.3, -0.25) is 0 Å². The highest BCUT2D eigenvalue weighted by atomic mass is 16.7. The predicted octanol–water partition coefficient (Wildman–Crippen LogP) is 4.42. The van der Waals surface area contributed by atoms with Crippen LogP contribution in [0.3, 0.4) is 0 Å². The van der Waals surface area contributed by atoms with Crippen molar-refractivity contribution in [3.8, 4) is 0 Å². The predicted molar refractivity (Wildman–Crippen MR) is 107 cm³/mol. The summed E-state index contributed by atoms with van der Waals surface area (Å²) in [6.45, 7) is 4.91. The normalized spacial score (nSPS) is 21.2. The van der Waals surface area contributed by atoms with E-state index in [0.29, 0.717) is 0 Å². The summed E-state index contributed by atoms with van der Waals surface area (Å²) in [7, 11) is 0. The lowest BCUT2D eigenvalue weighted by Crippen LogP contribution is -2.43. The molecule has 27 heavy (non-hydrogen) atoms. The van der Waals surface area contributed by atoms with Crippen LogP contribution >= 0.6 is 0 Å². The Hall–Kier alpha value is -1.68. The molecular weight excluding hydrogens is 334 g/mol. The first-order chi connectivity index (χ1) is 13.3. The van der Waals surface area contributed by atoms with E-state index in [0.717, 1.165) is 44.1 Å². The van der Waals surface area contributed by atoms with E-state index in [1.54, 1.807) is 0 Å². The van der Waals surface area contributed by atoms with E-state index >= 15 is 0 Å². The number of hydrogen-bond donors (Lipinski definition) is 0. The van der Waals surface area contributed by atoms with Crippen molar-refractivity contribution in [1.29, 1.82) is 0 Å². The lowest BCUT2D eigenvalue weighted by atomic mass is 9.90. The highest BCUT2D eigenvalue weighted by molar-refractivity contribution is 5.20. The van der Waals surface area contributed by atoms with Crippen LogP contribution in [0.2, 0.25) is 0 Å². The fraction of sp³-hybridized carbons (Fsp3) is 0.500. The Morgan fingerprint density at radius 3 is 2.48 bits per heavy atom. The van der Waals surface area contributed by atoms with Crippen molar-refractivity contribution in [2.24, 2.45) is 5.92 Å². The largest absolute Gasteiger partial charge is 0.346 e. The molecule has 0 spiro atoms. The van der Waals surface area contributed by atoms with Crippen LogP contribution < -0.4 is 0 Å². The molecule has 4 rings (SSSR count). The monoisotopic (exact) mass is 364 g/mol. The van der Waals surface area contributed by atoms with Gasteiger partial charge in [0, 0.05) is 18.5 Å². The third-order valence-electron chi connectivity index (χ3n) is 5.94. The molecule has 3 heteroatoms. The van der Waals surface area contributed by atoms with Gasteiger partial charge in [-0.25, -0.2) is 0 Å². The number of ether oxygens (including phenoxy) is 2. The molecule has 2 aromatic rings. The first-order valence-electron chi connectivity index (χ1n) is 10.3. The topological polar surface area (TPSA) is 21.7 Å². The second-order valence-corrected chi connectivity index (χ2v) is 7.82. The van der Waals surface area contributed by atoms with Gasteiger partial charge in [0.1, 0.15) is 0 Å². The Balaban J connectivity index is 1.30. The molecule has 0 unspecified atom stereocenters. The van der Waals surface area contributed by atoms with E-state index in [4.69, 9.17) is 9.47 Å². The fourth-order valence-electron chi connectivity index (χ4n) is 4.33. The number of piperidine rings is 1. The standard InChI is InChI=1S/C24H30NO2/c1-3-8-21(9-4-1)20-22-12-15-25(16-13-22)17-14-24(26-18-7-19-27-24)23-10-5-2-6-11-23/h1-5,8-11,22H,7,12-20H2. The minimum atomic E-state index is -0.586. The summed E-state index contributed by atoms with van der Waals surface area (Å²) in [4.78, 5) is 2.58. The molecule has 0 amide bonds. The van der Waals surface area contributed by atoms with E-state index in [9.17, 15) is 0 Å². The van der Waals surface area contributed by atoms with E-state index < -0.39 is 5.79 Å². The smallest absolute Gasteiger partial charge is 0.196 e. The molecular formula is C24H30NO2. The maximum atomic E-state index is 6.17. The van der Waals surface area contributed by atoms with Crippen molar-refractivity contribution in [2.75, 3.05) is 32.8 Å². The molecule has 2 fully saturated rings. The van der Waals surface area contributed by atoms with Crippen molar-refractivity contribution >= 4 is 0 Å². The van der Waals surface area contributed by atoms with Crippen molar-refractivity contribution in [3.05, 3.63) is 71.8 Å². The molecule has 0 N–H and O–H groups in total. The molecule has 0 saturated carbocycles. The lowest BCUT2D eigenvalue weighted by molar-refractivity contribution is -0.281. The summed E-state index contributed by atoms with van der Waals surface area (Å²) in [5.74, 6) is 0.222. The lowest BCUT2D eigenvalue weighted by Gasteiger charge is -2.40. The van der Waals surface area contributed by atoms with Crippen LogP contribution in [0.15, 0.2) is 54.6 Å². The molecule has 3 nitrogen and oxygen atoms in total. The zero-order chi connectivity index (χ0) is 18.4. The van der Waals surface area contributed by atoms with Gasteiger partial charge < -0.3 is 14.4 Å². The first-order valence-corrected chi connectivity index (χ1v) is 10.3. The molecule has 0 aliphatic carbocycles. The Kier molecular flexibility index (Phi) is 6.23. The molecule has 1 radical (unpaired) electrons. The van der Waals surface area contributed by atoms with Crippen molar-refractivity contribution < 1.29 is 9.47 Å². The van der Waals surface area contributed by atoms with Crippen molar-refractivity contribution in [1.82, 2.24) is 4.90 Å². The van der Waals surface area contributed by atoms with E-state index in [1.165, 1.54) is 37.9 Å². The summed E-state index contributed by atoms with van der Waals surface area (Å²) < 4.78 is 12.3. The Morgan fingerprint density at radius 2 is 1.78 bits per heavy atom. The van der Waals surface area contributed by atoms with E-state index in [-0.39, 0.29) is 0 Å². The van der Waals surface area contributed by atoms with Crippen LogP contribution in [0.1, 0.15) is 36.8 Å². The van der Waals surface area contributed by atoms with Crippen molar-refractivity contribution in [2.45, 2.75) is 37.9 Å². The second-order valence-electron chi connectivity index (χ2n) is 7.82. The van der Waals surface area contributed by atoms with Gasteiger partial charge in [-0.1, -0.05) is 48.5 Å². The van der Waals surface area contributed by atoms with Crippen LogP contribution in [-0.2, 0) is 21.7 Å². The Bertz CT molecular complexity index is 674. The van der Waals surface area contributed by atoms with Gasteiger partial charge >= 0.3 is 0 Å². The molecule has 0 aromatic heterocycles. The van der Waals surface area contributed by atoms with Gasteiger partial charge in [0.05, 0.1) is 13.2 Å². The van der Waals surface area contributed by atoms with Crippen LogP contribution in [0, 0.1) is 12.0 Å². The van der Waals surface area contributed by atoms with Gasteiger partial charge in [0.2, 0.25) is 0 Å². The number of nitrogens with zero attached hydrogens (tertiary/aromatic N) is 1. The van der Waals surface area contributed by atoms with Crippen LogP contribution in [-0.4, -0.2) is 37.7 Å². The third-order valence-corrected chi connectivity index (χ3v) is 5.94. The van der Waals surface area contributed by atoms with Crippen LogP contribution in [0.25, 0.3) is 0 Å². The summed E-state index contributed by atoms with van der Waals surface area (Å²) >= 11 is 0. The van der Waals surface area contributed by atoms with Crippen LogP contribution in [0.5, 0.6) is 0 Å². The quantitative estimate of drug-likeness (QED) is 0.757. The number of hydrogen-bond acceptors (Lipinski definition) is 3. The van der Waals surface area contributed by atoms with E-state index in [1.807, 2.05) is 18.2 Å². The van der Waals surface area contributed by atoms with Gasteiger partial charge in [-0.2, -0.15) is 0 Å². The summed E-state index contributed by atoms with van der Waals surface area (Å²) in [6, 6.07) is 22.1. The molecule has 0 atom stereocenters. The van der Waals surface area contributed by atoms with Gasteiger partial charge in [0.15, 0.2) is 5.79 Å². The highest BCUT2D eigenvalue weighted by Crippen LogP contribution is 2.34. The zero-order valence-electron chi connectivity index (χ0n) is 16.1. The summed E-state index contributed by atoms with van der Waals surface area (Å²) in [5.41, 5.74) is 2.57.